The standard InChI is InChI=1S/C19H13F6N3O2/c1-11-15(26-17(29)7-5-13-3-2-8-30-13)10-28(27-11)16-6-4-12(18(20,21)22)9-14(16)19(23,24)25/h2-10H,1H3,(H,26,29). The lowest BCUT2D eigenvalue weighted by Gasteiger charge is -2.15. The fourth-order valence-electron chi connectivity index (χ4n) is 2.56. The van der Waals surface area contributed by atoms with Crippen LogP contribution in [0.15, 0.2) is 53.3 Å². The molecule has 2 heterocycles. The first kappa shape index (κ1) is 21.2. The van der Waals surface area contributed by atoms with Crippen LogP contribution in [0.2, 0.25) is 0 Å². The summed E-state index contributed by atoms with van der Waals surface area (Å²) < 4.78 is 84.3. The zero-order valence-electron chi connectivity index (χ0n) is 15.2. The van der Waals surface area contributed by atoms with Crippen LogP contribution in [0.25, 0.3) is 11.8 Å². The van der Waals surface area contributed by atoms with Gasteiger partial charge >= 0.3 is 12.4 Å². The Morgan fingerprint density at radius 1 is 1.13 bits per heavy atom. The number of aryl methyl sites for hydroxylation is 1. The van der Waals surface area contributed by atoms with Crippen molar-refractivity contribution in [2.75, 3.05) is 5.32 Å². The van der Waals surface area contributed by atoms with Crippen LogP contribution in [-0.4, -0.2) is 15.7 Å². The van der Waals surface area contributed by atoms with Crippen molar-refractivity contribution in [1.29, 1.82) is 0 Å². The van der Waals surface area contributed by atoms with E-state index in [4.69, 9.17) is 4.42 Å². The van der Waals surface area contributed by atoms with Gasteiger partial charge in [-0.2, -0.15) is 31.4 Å². The average molecular weight is 429 g/mol. The molecule has 0 aliphatic heterocycles. The number of anilines is 1. The molecule has 0 spiro atoms. The Morgan fingerprint density at radius 2 is 1.87 bits per heavy atom. The number of hydrogen-bond donors (Lipinski definition) is 1. The van der Waals surface area contributed by atoms with Crippen LogP contribution >= 0.6 is 0 Å². The van der Waals surface area contributed by atoms with E-state index in [2.05, 4.69) is 10.4 Å². The molecule has 1 aromatic carbocycles. The fraction of sp³-hybridized carbons (Fsp3) is 0.158. The SMILES string of the molecule is Cc1nn(-c2ccc(C(F)(F)F)cc2C(F)(F)F)cc1NC(=O)C=Cc1ccco1. The zero-order valence-corrected chi connectivity index (χ0v) is 15.2. The van der Waals surface area contributed by atoms with Gasteiger partial charge in [0.1, 0.15) is 5.76 Å². The maximum absolute atomic E-state index is 13.4. The monoisotopic (exact) mass is 429 g/mol. The highest BCUT2D eigenvalue weighted by Crippen LogP contribution is 2.38. The van der Waals surface area contributed by atoms with Gasteiger partial charge in [0.2, 0.25) is 5.91 Å². The molecule has 0 unspecified atom stereocenters. The summed E-state index contributed by atoms with van der Waals surface area (Å²) in [7, 11) is 0. The number of halogens is 6. The minimum absolute atomic E-state index is 0.0245. The van der Waals surface area contributed by atoms with Crippen molar-refractivity contribution >= 4 is 17.7 Å². The van der Waals surface area contributed by atoms with E-state index in [-0.39, 0.29) is 17.4 Å². The number of aromatic nitrogens is 2. The van der Waals surface area contributed by atoms with E-state index in [1.807, 2.05) is 0 Å². The lowest BCUT2D eigenvalue weighted by atomic mass is 10.1. The molecule has 3 rings (SSSR count). The largest absolute Gasteiger partial charge is 0.465 e. The third kappa shape index (κ3) is 4.73. The summed E-state index contributed by atoms with van der Waals surface area (Å²) in [5.74, 6) is -0.186. The van der Waals surface area contributed by atoms with Gasteiger partial charge in [0.25, 0.3) is 0 Å². The van der Waals surface area contributed by atoms with Crippen molar-refractivity contribution < 1.29 is 35.6 Å². The molecule has 2 aromatic heterocycles. The van der Waals surface area contributed by atoms with Crippen molar-refractivity contribution in [3.05, 3.63) is 71.4 Å². The predicted molar refractivity (Wildman–Crippen MR) is 94.7 cm³/mol. The smallest absolute Gasteiger partial charge is 0.418 e. The van der Waals surface area contributed by atoms with Gasteiger partial charge in [0, 0.05) is 6.08 Å². The summed E-state index contributed by atoms with van der Waals surface area (Å²) in [6, 6.07) is 4.47. The second kappa shape index (κ2) is 7.73. The minimum Gasteiger partial charge on any atom is -0.465 e. The fourth-order valence-corrected chi connectivity index (χ4v) is 2.56. The van der Waals surface area contributed by atoms with Crippen molar-refractivity contribution in [1.82, 2.24) is 9.78 Å². The highest BCUT2D eigenvalue weighted by molar-refractivity contribution is 6.02. The third-order valence-electron chi connectivity index (χ3n) is 3.98. The molecule has 3 aromatic rings. The molecule has 0 fully saturated rings. The van der Waals surface area contributed by atoms with Gasteiger partial charge in [-0.25, -0.2) is 4.68 Å². The molecule has 30 heavy (non-hydrogen) atoms. The van der Waals surface area contributed by atoms with Crippen LogP contribution in [0.5, 0.6) is 0 Å². The summed E-state index contributed by atoms with van der Waals surface area (Å²) in [4.78, 5) is 12.0. The summed E-state index contributed by atoms with van der Waals surface area (Å²) in [5, 5.41) is 6.33. The first-order chi connectivity index (χ1) is 13.9. The quantitative estimate of drug-likeness (QED) is 0.442. The normalized spacial score (nSPS) is 12.5. The summed E-state index contributed by atoms with van der Waals surface area (Å²) in [5.41, 5.74) is -3.28. The van der Waals surface area contributed by atoms with Crippen LogP contribution in [-0.2, 0) is 17.1 Å². The lowest BCUT2D eigenvalue weighted by Crippen LogP contribution is -2.14. The summed E-state index contributed by atoms with van der Waals surface area (Å²) >= 11 is 0. The molecule has 158 valence electrons. The number of furan rings is 1. The van der Waals surface area contributed by atoms with Crippen LogP contribution in [0, 0.1) is 6.92 Å². The molecule has 0 saturated heterocycles. The van der Waals surface area contributed by atoms with E-state index in [9.17, 15) is 31.1 Å². The molecule has 0 saturated carbocycles. The molecule has 0 aliphatic rings. The van der Waals surface area contributed by atoms with Crippen LogP contribution in [0.4, 0.5) is 32.0 Å². The van der Waals surface area contributed by atoms with E-state index in [0.29, 0.717) is 17.9 Å². The number of hydrogen-bond acceptors (Lipinski definition) is 3. The molecule has 0 radical (unpaired) electrons. The third-order valence-corrected chi connectivity index (χ3v) is 3.98. The second-order valence-corrected chi connectivity index (χ2v) is 6.14. The van der Waals surface area contributed by atoms with Gasteiger partial charge in [-0.15, -0.1) is 0 Å². The highest BCUT2D eigenvalue weighted by atomic mass is 19.4. The number of benzene rings is 1. The maximum atomic E-state index is 13.4. The minimum atomic E-state index is -5.05. The van der Waals surface area contributed by atoms with Crippen LogP contribution in [0.1, 0.15) is 22.6 Å². The van der Waals surface area contributed by atoms with Crippen molar-refractivity contribution in [2.45, 2.75) is 19.3 Å². The first-order valence-electron chi connectivity index (χ1n) is 8.33. The molecule has 11 heteroatoms. The number of amides is 1. The molecule has 1 amide bonds. The highest BCUT2D eigenvalue weighted by Gasteiger charge is 2.38. The molecule has 1 N–H and O–H groups in total. The molecule has 0 atom stereocenters. The van der Waals surface area contributed by atoms with Crippen molar-refractivity contribution in [3.63, 3.8) is 0 Å². The topological polar surface area (TPSA) is 60.1 Å². The van der Waals surface area contributed by atoms with E-state index < -0.39 is 35.1 Å². The molecule has 5 nitrogen and oxygen atoms in total. The van der Waals surface area contributed by atoms with E-state index in [1.165, 1.54) is 19.3 Å². The molecule has 0 bridgehead atoms. The van der Waals surface area contributed by atoms with Gasteiger partial charge in [0.15, 0.2) is 0 Å². The first-order valence-corrected chi connectivity index (χ1v) is 8.33. The Morgan fingerprint density at radius 3 is 2.47 bits per heavy atom. The second-order valence-electron chi connectivity index (χ2n) is 6.14. The van der Waals surface area contributed by atoms with Gasteiger partial charge < -0.3 is 9.73 Å². The van der Waals surface area contributed by atoms with E-state index in [0.717, 1.165) is 17.0 Å². The number of carbonyl (C=O) groups excluding carboxylic acids is 1. The Labute approximate surface area is 165 Å². The summed E-state index contributed by atoms with van der Waals surface area (Å²) in [6.07, 6.45) is -4.95. The number of nitrogens with zero attached hydrogens (tertiary/aromatic N) is 2. The average Bonchev–Trinajstić information content (AvgIpc) is 3.28. The van der Waals surface area contributed by atoms with Crippen LogP contribution < -0.4 is 5.32 Å². The zero-order chi connectivity index (χ0) is 22.1. The molecular formula is C19H13F6N3O2. The van der Waals surface area contributed by atoms with Crippen molar-refractivity contribution in [2.24, 2.45) is 0 Å². The van der Waals surface area contributed by atoms with E-state index in [1.54, 1.807) is 12.1 Å². The molecular weight excluding hydrogens is 416 g/mol. The Hall–Kier alpha value is -3.50. The maximum Gasteiger partial charge on any atom is 0.418 e. The van der Waals surface area contributed by atoms with E-state index >= 15 is 0 Å². The molecule has 0 aliphatic carbocycles. The number of carbonyl (C=O) groups is 1. The predicted octanol–water partition coefficient (Wildman–Crippen LogP) is 5.46. The van der Waals surface area contributed by atoms with Crippen molar-refractivity contribution in [3.8, 4) is 5.69 Å². The van der Waals surface area contributed by atoms with Gasteiger partial charge in [-0.3, -0.25) is 4.79 Å². The Kier molecular flexibility index (Phi) is 5.47. The number of alkyl halides is 6. The Balaban J connectivity index is 1.91. The van der Waals surface area contributed by atoms with Gasteiger partial charge in [-0.1, -0.05) is 0 Å². The number of rotatable bonds is 4. The lowest BCUT2D eigenvalue weighted by molar-refractivity contribution is -0.143. The Bertz CT molecular complexity index is 1080. The van der Waals surface area contributed by atoms with Gasteiger partial charge in [-0.05, 0) is 43.3 Å². The van der Waals surface area contributed by atoms with Gasteiger partial charge in [0.05, 0.1) is 40.7 Å². The summed E-state index contributed by atoms with van der Waals surface area (Å²) in [6.45, 7) is 1.43. The van der Waals surface area contributed by atoms with Crippen LogP contribution in [0.3, 0.4) is 0 Å². The number of nitrogens with one attached hydrogen (secondary N) is 1.